The molecular formula is C9H8N3O2SY-. The predicted molar refractivity (Wildman–Crippen MR) is 54.7 cm³/mol. The molecule has 0 aliphatic carbocycles. The Labute approximate surface area is 121 Å². The normalized spacial score (nSPS) is 9.62. The van der Waals surface area contributed by atoms with Gasteiger partial charge in [-0.1, -0.05) is 11.8 Å². The number of nitrogens with zero attached hydrogens (tertiary/aromatic N) is 1. The van der Waals surface area contributed by atoms with Crippen molar-refractivity contribution >= 4 is 17.2 Å². The van der Waals surface area contributed by atoms with Crippen LogP contribution in [0.5, 0.6) is 0 Å². The fraction of sp³-hybridized carbons (Fsp3) is 0.111. The molecule has 81 valence electrons. The summed E-state index contributed by atoms with van der Waals surface area (Å²) in [4.78, 5) is 19.4. The van der Waals surface area contributed by atoms with Crippen LogP contribution in [0, 0.1) is 13.1 Å². The Morgan fingerprint density at radius 3 is 2.94 bits per heavy atom. The molecule has 0 fully saturated rings. The van der Waals surface area contributed by atoms with Gasteiger partial charge in [-0.3, -0.25) is 10.0 Å². The van der Waals surface area contributed by atoms with Gasteiger partial charge in [-0.15, -0.1) is 17.5 Å². The zero-order chi connectivity index (χ0) is 10.8. The van der Waals surface area contributed by atoms with Gasteiger partial charge in [0.25, 0.3) is 5.91 Å². The smallest absolute Gasteiger partial charge is 0.284 e. The number of thiophene rings is 1. The molecule has 0 spiro atoms. The van der Waals surface area contributed by atoms with E-state index < -0.39 is 5.91 Å². The van der Waals surface area contributed by atoms with Gasteiger partial charge in [-0.05, 0) is 23.7 Å². The third kappa shape index (κ3) is 2.76. The first-order valence-corrected chi connectivity index (χ1v) is 5.01. The standard InChI is InChI=1S/C9H8N3O2S.Y/c1-5-4-10-8(11-5)6-2-3-7(15-6)9(13)12-14;/h2-3,14H,1H3,(H,10,11)(H,12,13);/q-1;. The van der Waals surface area contributed by atoms with Gasteiger partial charge in [0, 0.05) is 32.7 Å². The van der Waals surface area contributed by atoms with Gasteiger partial charge in [-0.25, -0.2) is 5.48 Å². The van der Waals surface area contributed by atoms with Crippen LogP contribution in [0.25, 0.3) is 10.7 Å². The predicted octanol–water partition coefficient (Wildman–Crippen LogP) is 1.36. The van der Waals surface area contributed by atoms with Crippen molar-refractivity contribution in [1.29, 1.82) is 0 Å². The molecular weight excluding hydrogens is 303 g/mol. The first-order valence-electron chi connectivity index (χ1n) is 4.19. The number of hydrogen-bond donors (Lipinski definition) is 3. The summed E-state index contributed by atoms with van der Waals surface area (Å²) in [6.07, 6.45) is 2.77. The second kappa shape index (κ2) is 5.68. The monoisotopic (exact) mass is 311 g/mol. The van der Waals surface area contributed by atoms with E-state index in [1.807, 2.05) is 6.92 Å². The summed E-state index contributed by atoms with van der Waals surface area (Å²) in [5.41, 5.74) is 2.42. The number of aromatic nitrogens is 2. The minimum Gasteiger partial charge on any atom is -0.435 e. The van der Waals surface area contributed by atoms with E-state index in [1.54, 1.807) is 17.6 Å². The van der Waals surface area contributed by atoms with Crippen LogP contribution >= 0.6 is 11.3 Å². The van der Waals surface area contributed by atoms with Gasteiger partial charge in [0.15, 0.2) is 0 Å². The maximum atomic E-state index is 11.1. The number of nitrogens with one attached hydrogen (secondary N) is 2. The van der Waals surface area contributed by atoms with E-state index in [9.17, 15) is 4.79 Å². The average Bonchev–Trinajstić information content (AvgIpc) is 2.84. The van der Waals surface area contributed by atoms with Gasteiger partial charge in [0.05, 0.1) is 4.88 Å². The Kier molecular flexibility index (Phi) is 4.79. The fourth-order valence-corrected chi connectivity index (χ4v) is 1.97. The van der Waals surface area contributed by atoms with Crippen LogP contribution in [-0.2, 0) is 32.7 Å². The first-order chi connectivity index (χ1) is 7.20. The molecule has 0 bridgehead atoms. The molecule has 0 aliphatic rings. The third-order valence-electron chi connectivity index (χ3n) is 1.81. The summed E-state index contributed by atoms with van der Waals surface area (Å²) in [7, 11) is 0. The van der Waals surface area contributed by atoms with Crippen molar-refractivity contribution in [2.45, 2.75) is 6.92 Å². The minimum atomic E-state index is -0.515. The molecule has 2 heterocycles. The van der Waals surface area contributed by atoms with Crippen molar-refractivity contribution in [3.05, 3.63) is 28.9 Å². The van der Waals surface area contributed by atoms with Crippen molar-refractivity contribution in [2.75, 3.05) is 0 Å². The fourth-order valence-electron chi connectivity index (χ4n) is 1.13. The van der Waals surface area contributed by atoms with Crippen LogP contribution < -0.4 is 5.48 Å². The molecule has 5 nitrogen and oxygen atoms in total. The van der Waals surface area contributed by atoms with Crippen LogP contribution in [0.15, 0.2) is 12.1 Å². The Morgan fingerprint density at radius 1 is 1.62 bits per heavy atom. The molecule has 0 saturated heterocycles. The Morgan fingerprint density at radius 2 is 2.38 bits per heavy atom. The van der Waals surface area contributed by atoms with Crippen molar-refractivity contribution in [2.24, 2.45) is 0 Å². The Balaban J connectivity index is 0.00000128. The molecule has 3 N–H and O–H groups in total. The number of hydrogen-bond acceptors (Lipinski definition) is 4. The van der Waals surface area contributed by atoms with Gasteiger partial charge < -0.3 is 9.97 Å². The van der Waals surface area contributed by atoms with E-state index in [0.717, 1.165) is 10.6 Å². The van der Waals surface area contributed by atoms with Crippen molar-refractivity contribution in [1.82, 2.24) is 15.4 Å². The molecule has 0 aliphatic heterocycles. The quantitative estimate of drug-likeness (QED) is 0.445. The third-order valence-corrected chi connectivity index (χ3v) is 2.90. The number of amides is 1. The van der Waals surface area contributed by atoms with Crippen LogP contribution in [0.1, 0.15) is 15.4 Å². The van der Waals surface area contributed by atoms with Crippen molar-refractivity contribution in [3.63, 3.8) is 0 Å². The van der Waals surface area contributed by atoms with E-state index in [0.29, 0.717) is 10.7 Å². The van der Waals surface area contributed by atoms with E-state index in [4.69, 9.17) is 5.21 Å². The van der Waals surface area contributed by atoms with Crippen LogP contribution in [0.4, 0.5) is 0 Å². The number of rotatable bonds is 2. The Bertz CT molecular complexity index is 494. The van der Waals surface area contributed by atoms with Crippen molar-refractivity contribution < 1.29 is 42.7 Å². The molecule has 0 saturated carbocycles. The maximum Gasteiger partial charge on any atom is 0.284 e. The summed E-state index contributed by atoms with van der Waals surface area (Å²) >= 11 is 1.25. The van der Waals surface area contributed by atoms with Gasteiger partial charge in [0.2, 0.25) is 0 Å². The summed E-state index contributed by atoms with van der Waals surface area (Å²) in [5.74, 6) is 0.160. The number of aromatic amines is 1. The van der Waals surface area contributed by atoms with E-state index in [1.165, 1.54) is 11.3 Å². The SMILES string of the molecule is Cc1[c-]nc(-c2ccc(C(=O)NO)s2)[nH]1.[Y]. The minimum absolute atomic E-state index is 0. The second-order valence-corrected chi connectivity index (χ2v) is 4.01. The van der Waals surface area contributed by atoms with Crippen LogP contribution in [0.3, 0.4) is 0 Å². The molecule has 2 aromatic rings. The zero-order valence-corrected chi connectivity index (χ0v) is 12.1. The van der Waals surface area contributed by atoms with Gasteiger partial charge >= 0.3 is 0 Å². The number of H-pyrrole nitrogens is 1. The molecule has 1 radical (unpaired) electrons. The van der Waals surface area contributed by atoms with Crippen molar-refractivity contribution in [3.8, 4) is 10.7 Å². The molecule has 1 amide bonds. The molecule has 0 atom stereocenters. The molecule has 0 unspecified atom stereocenters. The summed E-state index contributed by atoms with van der Waals surface area (Å²) < 4.78 is 0. The van der Waals surface area contributed by atoms with Gasteiger partial charge in [-0.2, -0.15) is 0 Å². The van der Waals surface area contributed by atoms with E-state index >= 15 is 0 Å². The number of carbonyl (C=O) groups excluding carboxylic acids is 1. The molecule has 2 rings (SSSR count). The molecule has 2 aromatic heterocycles. The average molecular weight is 311 g/mol. The van der Waals surface area contributed by atoms with Crippen LogP contribution in [0.2, 0.25) is 0 Å². The molecule has 0 aromatic carbocycles. The Hall–Kier alpha value is -0.556. The summed E-state index contributed by atoms with van der Waals surface area (Å²) in [5, 5.41) is 8.45. The number of imidazole rings is 1. The van der Waals surface area contributed by atoms with E-state index in [2.05, 4.69) is 16.2 Å². The summed E-state index contributed by atoms with van der Waals surface area (Å²) in [6.45, 7) is 1.85. The zero-order valence-electron chi connectivity index (χ0n) is 8.44. The molecule has 16 heavy (non-hydrogen) atoms. The molecule has 7 heteroatoms. The number of carbonyl (C=O) groups is 1. The maximum absolute atomic E-state index is 11.1. The topological polar surface area (TPSA) is 78.0 Å². The van der Waals surface area contributed by atoms with Gasteiger partial charge in [0.1, 0.15) is 0 Å². The van der Waals surface area contributed by atoms with Crippen LogP contribution in [-0.4, -0.2) is 21.1 Å². The number of hydroxylamine groups is 1. The largest absolute Gasteiger partial charge is 0.435 e. The van der Waals surface area contributed by atoms with E-state index in [-0.39, 0.29) is 32.7 Å². The number of aryl methyl sites for hydroxylation is 1. The summed E-state index contributed by atoms with van der Waals surface area (Å²) in [6, 6.07) is 3.39. The second-order valence-electron chi connectivity index (χ2n) is 2.93. The first kappa shape index (κ1) is 13.5.